The summed E-state index contributed by atoms with van der Waals surface area (Å²) in [5.74, 6) is -3.56. The molecule has 3 rings (SSSR count). The van der Waals surface area contributed by atoms with Gasteiger partial charge in [-0.2, -0.15) is 5.26 Å². The van der Waals surface area contributed by atoms with Crippen molar-refractivity contribution in [3.63, 3.8) is 0 Å². The van der Waals surface area contributed by atoms with Crippen molar-refractivity contribution < 1.29 is 23.2 Å². The van der Waals surface area contributed by atoms with Gasteiger partial charge in [-0.15, -0.1) is 0 Å². The number of halogens is 2. The summed E-state index contributed by atoms with van der Waals surface area (Å²) >= 11 is 0. The maximum absolute atomic E-state index is 15.1. The first-order valence-electron chi connectivity index (χ1n) is 8.40. The van der Waals surface area contributed by atoms with Gasteiger partial charge in [0.25, 0.3) is 11.6 Å². The Morgan fingerprint density at radius 1 is 1.36 bits per heavy atom. The van der Waals surface area contributed by atoms with E-state index in [-0.39, 0.29) is 23.4 Å². The van der Waals surface area contributed by atoms with E-state index in [2.05, 4.69) is 0 Å². The largest absolute Gasteiger partial charge is 0.485 e. The van der Waals surface area contributed by atoms with Gasteiger partial charge in [-0.05, 0) is 11.6 Å². The summed E-state index contributed by atoms with van der Waals surface area (Å²) in [6, 6.07) is 13.8. The van der Waals surface area contributed by atoms with Gasteiger partial charge in [0.2, 0.25) is 0 Å². The molecule has 0 bridgehead atoms. The van der Waals surface area contributed by atoms with E-state index in [1.165, 1.54) is 12.1 Å². The summed E-state index contributed by atoms with van der Waals surface area (Å²) in [5.41, 5.74) is 4.03. The van der Waals surface area contributed by atoms with Crippen molar-refractivity contribution >= 4 is 5.69 Å². The molecule has 1 unspecified atom stereocenters. The van der Waals surface area contributed by atoms with E-state index < -0.39 is 35.7 Å². The van der Waals surface area contributed by atoms with E-state index in [9.17, 15) is 10.1 Å². The number of benzene rings is 2. The number of fused-ring (bicyclic) bond motifs is 1. The van der Waals surface area contributed by atoms with E-state index in [1.807, 2.05) is 0 Å². The number of nitrogens with two attached hydrogens (primary N) is 1. The molecule has 0 spiro atoms. The minimum Gasteiger partial charge on any atom is -0.485 e. The van der Waals surface area contributed by atoms with Crippen molar-refractivity contribution in [2.75, 3.05) is 13.2 Å². The fraction of sp³-hybridized carbons (Fsp3) is 0.316. The predicted octanol–water partition coefficient (Wildman–Crippen LogP) is 3.45. The van der Waals surface area contributed by atoms with Crippen LogP contribution in [0.15, 0.2) is 48.5 Å². The topological polar surface area (TPSA) is 111 Å². The first-order valence-corrected chi connectivity index (χ1v) is 8.40. The van der Waals surface area contributed by atoms with Gasteiger partial charge < -0.3 is 15.2 Å². The van der Waals surface area contributed by atoms with E-state index in [0.717, 1.165) is 6.07 Å². The smallest absolute Gasteiger partial charge is 0.292 e. The highest BCUT2D eigenvalue weighted by Crippen LogP contribution is 2.51. The lowest BCUT2D eigenvalue weighted by molar-refractivity contribution is -0.385. The van der Waals surface area contributed by atoms with Crippen molar-refractivity contribution in [3.8, 4) is 11.8 Å². The fourth-order valence-electron chi connectivity index (χ4n) is 3.23. The third-order valence-corrected chi connectivity index (χ3v) is 4.71. The Bertz CT molecular complexity index is 917. The van der Waals surface area contributed by atoms with Gasteiger partial charge >= 0.3 is 0 Å². The molecule has 9 heteroatoms. The first kappa shape index (κ1) is 19.7. The number of rotatable bonds is 6. The Labute approximate surface area is 159 Å². The zero-order valence-electron chi connectivity index (χ0n) is 14.7. The summed E-state index contributed by atoms with van der Waals surface area (Å²) in [5, 5.41) is 19.7. The lowest BCUT2D eigenvalue weighted by Crippen LogP contribution is -2.57. The van der Waals surface area contributed by atoms with Crippen LogP contribution in [0.25, 0.3) is 0 Å². The maximum Gasteiger partial charge on any atom is 0.292 e. The average Bonchev–Trinajstić information content (AvgIpc) is 2.68. The monoisotopic (exact) mass is 389 g/mol. The Morgan fingerprint density at radius 3 is 2.71 bits per heavy atom. The van der Waals surface area contributed by atoms with Crippen LogP contribution in [0.5, 0.6) is 5.75 Å². The molecule has 0 fully saturated rings. The molecule has 1 aliphatic rings. The van der Waals surface area contributed by atoms with Crippen LogP contribution in [-0.2, 0) is 10.3 Å². The Balaban J connectivity index is 2.08. The molecule has 0 saturated carbocycles. The highest BCUT2D eigenvalue weighted by molar-refractivity contribution is 5.50. The SMILES string of the molecule is N#CCOCC(F)(F)[C@@]1(N)CC(c2ccccc2)Oc2ccc([N+](=O)[O-])cc21. The third kappa shape index (κ3) is 3.52. The van der Waals surface area contributed by atoms with Crippen molar-refractivity contribution in [2.45, 2.75) is 24.0 Å². The molecule has 2 N–H and O–H groups in total. The molecular formula is C19H17F2N3O4. The van der Waals surface area contributed by atoms with E-state index >= 15 is 8.78 Å². The Morgan fingerprint density at radius 2 is 2.07 bits per heavy atom. The molecular weight excluding hydrogens is 372 g/mol. The minimum absolute atomic E-state index is 0.0492. The van der Waals surface area contributed by atoms with Gasteiger partial charge in [0.1, 0.15) is 30.6 Å². The molecule has 0 amide bonds. The molecule has 2 atom stereocenters. The second-order valence-electron chi connectivity index (χ2n) is 6.49. The second kappa shape index (κ2) is 7.50. The molecule has 2 aromatic rings. The lowest BCUT2D eigenvalue weighted by atomic mass is 9.76. The maximum atomic E-state index is 15.1. The van der Waals surface area contributed by atoms with Crippen LogP contribution in [0, 0.1) is 21.4 Å². The van der Waals surface area contributed by atoms with Gasteiger partial charge in [0.05, 0.1) is 11.0 Å². The molecule has 0 saturated heterocycles. The lowest BCUT2D eigenvalue weighted by Gasteiger charge is -2.43. The van der Waals surface area contributed by atoms with Gasteiger partial charge in [-0.25, -0.2) is 8.78 Å². The predicted molar refractivity (Wildman–Crippen MR) is 94.8 cm³/mol. The highest BCUT2D eigenvalue weighted by atomic mass is 19.3. The van der Waals surface area contributed by atoms with Gasteiger partial charge in [0.15, 0.2) is 0 Å². The highest BCUT2D eigenvalue weighted by Gasteiger charge is 2.57. The average molecular weight is 389 g/mol. The third-order valence-electron chi connectivity index (χ3n) is 4.71. The fourth-order valence-corrected chi connectivity index (χ4v) is 3.23. The second-order valence-corrected chi connectivity index (χ2v) is 6.49. The minimum atomic E-state index is -3.61. The number of nitriles is 1. The van der Waals surface area contributed by atoms with Crippen molar-refractivity contribution in [1.82, 2.24) is 0 Å². The molecule has 146 valence electrons. The number of hydrogen-bond acceptors (Lipinski definition) is 6. The van der Waals surface area contributed by atoms with Crippen LogP contribution < -0.4 is 10.5 Å². The van der Waals surface area contributed by atoms with Crippen molar-refractivity contribution in [3.05, 3.63) is 69.8 Å². The number of nitro groups is 1. The quantitative estimate of drug-likeness (QED) is 0.460. The number of nitrogens with zero attached hydrogens (tertiary/aromatic N) is 2. The summed E-state index contributed by atoms with van der Waals surface area (Å²) in [6.45, 7) is -1.62. The van der Waals surface area contributed by atoms with E-state index in [0.29, 0.717) is 5.56 Å². The van der Waals surface area contributed by atoms with Crippen LogP contribution in [0.3, 0.4) is 0 Å². The van der Waals surface area contributed by atoms with E-state index in [1.54, 1.807) is 36.4 Å². The molecule has 1 aliphatic heterocycles. The van der Waals surface area contributed by atoms with Crippen LogP contribution in [0.1, 0.15) is 23.7 Å². The number of alkyl halides is 2. The summed E-state index contributed by atoms with van der Waals surface area (Å²) < 4.78 is 40.8. The normalized spacial score (nSPS) is 21.3. The van der Waals surface area contributed by atoms with Crippen LogP contribution in [0.2, 0.25) is 0 Å². The molecule has 0 aliphatic carbocycles. The number of nitro benzene ring substituents is 1. The zero-order valence-corrected chi connectivity index (χ0v) is 14.7. The first-order chi connectivity index (χ1) is 13.3. The van der Waals surface area contributed by atoms with Crippen LogP contribution in [-0.4, -0.2) is 24.1 Å². The Kier molecular flexibility index (Phi) is 5.27. The Hall–Kier alpha value is -3.09. The molecule has 7 nitrogen and oxygen atoms in total. The van der Waals surface area contributed by atoms with Crippen LogP contribution >= 0.6 is 0 Å². The summed E-state index contributed by atoms with van der Waals surface area (Å²) in [7, 11) is 0. The molecule has 1 heterocycles. The standard InChI is InChI=1S/C19H17F2N3O4/c20-19(21,12-27-9-8-22)18(23)11-17(13-4-2-1-3-5-13)28-16-7-6-14(24(25)26)10-15(16)18/h1-7,10,17H,9,11-12,23H2/t17?,18-/m1/s1. The molecule has 0 radical (unpaired) electrons. The van der Waals surface area contributed by atoms with E-state index in [4.69, 9.17) is 20.5 Å². The molecule has 2 aromatic carbocycles. The molecule has 0 aromatic heterocycles. The summed E-state index contributed by atoms with van der Waals surface area (Å²) in [6.07, 6.45) is -1.10. The number of hydrogen-bond donors (Lipinski definition) is 1. The van der Waals surface area contributed by atoms with Crippen molar-refractivity contribution in [1.29, 1.82) is 5.26 Å². The van der Waals surface area contributed by atoms with Crippen LogP contribution in [0.4, 0.5) is 14.5 Å². The summed E-state index contributed by atoms with van der Waals surface area (Å²) in [4.78, 5) is 10.4. The number of ether oxygens (including phenoxy) is 2. The van der Waals surface area contributed by atoms with Gasteiger partial charge in [-0.3, -0.25) is 10.1 Å². The van der Waals surface area contributed by atoms with Crippen molar-refractivity contribution in [2.24, 2.45) is 5.73 Å². The van der Waals surface area contributed by atoms with Gasteiger partial charge in [0, 0.05) is 24.1 Å². The molecule has 28 heavy (non-hydrogen) atoms. The number of non-ortho nitro benzene ring substituents is 1. The zero-order chi connectivity index (χ0) is 20.4. The van der Waals surface area contributed by atoms with Gasteiger partial charge in [-0.1, -0.05) is 30.3 Å².